The van der Waals surface area contributed by atoms with Crippen LogP contribution < -0.4 is 0 Å². The fourth-order valence-electron chi connectivity index (χ4n) is 1.99. The van der Waals surface area contributed by atoms with Gasteiger partial charge in [-0.25, -0.2) is 0 Å². The number of allylic oxidation sites excluding steroid dienone is 3. The first-order valence-electron chi connectivity index (χ1n) is 5.80. The summed E-state index contributed by atoms with van der Waals surface area (Å²) >= 11 is 0. The zero-order valence-electron chi connectivity index (χ0n) is 10.7. The van der Waals surface area contributed by atoms with Crippen molar-refractivity contribution in [3.05, 3.63) is 23.8 Å². The van der Waals surface area contributed by atoms with Gasteiger partial charge in [0.1, 0.15) is 0 Å². The highest BCUT2D eigenvalue weighted by atomic mass is 16.3. The molecule has 0 spiro atoms. The Morgan fingerprint density at radius 3 is 2.53 bits per heavy atom. The van der Waals surface area contributed by atoms with Gasteiger partial charge in [0, 0.05) is 0 Å². The molecule has 0 radical (unpaired) electrons. The Hall–Kier alpha value is -0.560. The van der Waals surface area contributed by atoms with E-state index in [0.717, 1.165) is 12.8 Å². The van der Waals surface area contributed by atoms with E-state index >= 15 is 0 Å². The molecule has 0 amide bonds. The predicted octanol–water partition coefficient (Wildman–Crippen LogP) is 3.70. The lowest BCUT2D eigenvalue weighted by molar-refractivity contribution is 0.0836. The Morgan fingerprint density at radius 1 is 1.53 bits per heavy atom. The number of hydrogen-bond donors (Lipinski definition) is 1. The zero-order valence-corrected chi connectivity index (χ0v) is 10.7. The molecule has 1 heteroatoms. The van der Waals surface area contributed by atoms with Crippen molar-refractivity contribution in [2.24, 2.45) is 11.3 Å². The molecule has 0 bridgehead atoms. The van der Waals surface area contributed by atoms with Gasteiger partial charge in [0.05, 0.1) is 5.60 Å². The van der Waals surface area contributed by atoms with Gasteiger partial charge in [-0.1, -0.05) is 37.6 Å². The van der Waals surface area contributed by atoms with Crippen LogP contribution >= 0.6 is 0 Å². The third kappa shape index (κ3) is 3.20. The minimum atomic E-state index is -0.582. The Bertz CT molecular complexity index is 276. The fourth-order valence-corrected chi connectivity index (χ4v) is 1.99. The van der Waals surface area contributed by atoms with E-state index in [4.69, 9.17) is 0 Å². The Kier molecular flexibility index (Phi) is 3.44. The standard InChI is InChI=1S/C14H24O/c1-11-8-9-12(14(11,4)5)7-6-10-13(2,3)15/h6-8,12,15H,9-10H2,1-5H3. The highest BCUT2D eigenvalue weighted by Gasteiger charge is 2.32. The number of hydrogen-bond acceptors (Lipinski definition) is 1. The summed E-state index contributed by atoms with van der Waals surface area (Å²) in [6, 6.07) is 0. The fraction of sp³-hybridized carbons (Fsp3) is 0.714. The monoisotopic (exact) mass is 208 g/mol. The molecule has 1 unspecified atom stereocenters. The van der Waals surface area contributed by atoms with E-state index in [1.807, 2.05) is 13.8 Å². The minimum Gasteiger partial charge on any atom is -0.390 e. The van der Waals surface area contributed by atoms with Gasteiger partial charge in [0.25, 0.3) is 0 Å². The molecule has 0 aromatic carbocycles. The Labute approximate surface area is 93.9 Å². The lowest BCUT2D eigenvalue weighted by Crippen LogP contribution is -2.19. The molecule has 1 N–H and O–H groups in total. The summed E-state index contributed by atoms with van der Waals surface area (Å²) in [5.41, 5.74) is 1.19. The molecule has 1 atom stereocenters. The maximum atomic E-state index is 9.61. The average molecular weight is 208 g/mol. The first kappa shape index (κ1) is 12.5. The van der Waals surface area contributed by atoms with Crippen molar-refractivity contribution in [1.82, 2.24) is 0 Å². The molecule has 0 heterocycles. The van der Waals surface area contributed by atoms with Crippen LogP contribution in [-0.2, 0) is 0 Å². The molecule has 0 aliphatic heterocycles. The molecule has 86 valence electrons. The van der Waals surface area contributed by atoms with Crippen LogP contribution in [0.5, 0.6) is 0 Å². The van der Waals surface area contributed by atoms with Crippen molar-refractivity contribution in [2.45, 2.75) is 53.1 Å². The first-order chi connectivity index (χ1) is 6.73. The SMILES string of the molecule is CC1=CCC(C=CCC(C)(C)O)C1(C)C. The van der Waals surface area contributed by atoms with E-state index in [1.165, 1.54) is 5.57 Å². The van der Waals surface area contributed by atoms with Crippen LogP contribution in [0.2, 0.25) is 0 Å². The van der Waals surface area contributed by atoms with Crippen LogP contribution in [0.25, 0.3) is 0 Å². The second-order valence-electron chi connectivity index (χ2n) is 5.90. The molecule has 1 aliphatic carbocycles. The third-order valence-corrected chi connectivity index (χ3v) is 3.61. The molecule has 1 nitrogen and oxygen atoms in total. The van der Waals surface area contributed by atoms with Crippen LogP contribution in [0.4, 0.5) is 0 Å². The van der Waals surface area contributed by atoms with Crippen molar-refractivity contribution in [3.8, 4) is 0 Å². The largest absolute Gasteiger partial charge is 0.390 e. The molecule has 0 fully saturated rings. The van der Waals surface area contributed by atoms with Gasteiger partial charge >= 0.3 is 0 Å². The quantitative estimate of drug-likeness (QED) is 0.701. The number of aliphatic hydroxyl groups is 1. The van der Waals surface area contributed by atoms with Crippen LogP contribution in [0, 0.1) is 11.3 Å². The van der Waals surface area contributed by atoms with Gasteiger partial charge in [-0.15, -0.1) is 0 Å². The maximum absolute atomic E-state index is 9.61. The second kappa shape index (κ2) is 4.13. The van der Waals surface area contributed by atoms with E-state index in [9.17, 15) is 5.11 Å². The zero-order chi connectivity index (χ0) is 11.7. The highest BCUT2D eigenvalue weighted by Crippen LogP contribution is 2.43. The number of rotatable bonds is 3. The van der Waals surface area contributed by atoms with E-state index in [-0.39, 0.29) is 5.41 Å². The van der Waals surface area contributed by atoms with Crippen molar-refractivity contribution < 1.29 is 5.11 Å². The van der Waals surface area contributed by atoms with Gasteiger partial charge < -0.3 is 5.11 Å². The summed E-state index contributed by atoms with van der Waals surface area (Å²) in [6.45, 7) is 10.5. The molecular formula is C14H24O. The summed E-state index contributed by atoms with van der Waals surface area (Å²) in [5, 5.41) is 9.61. The third-order valence-electron chi connectivity index (χ3n) is 3.61. The minimum absolute atomic E-state index is 0.288. The normalized spacial score (nSPS) is 26.0. The van der Waals surface area contributed by atoms with Gasteiger partial charge in [-0.05, 0) is 44.9 Å². The molecule has 0 saturated carbocycles. The van der Waals surface area contributed by atoms with Crippen molar-refractivity contribution in [3.63, 3.8) is 0 Å². The molecule has 0 aromatic heterocycles. The topological polar surface area (TPSA) is 20.2 Å². The lowest BCUT2D eigenvalue weighted by atomic mass is 9.77. The van der Waals surface area contributed by atoms with Crippen LogP contribution in [0.3, 0.4) is 0 Å². The molecule has 15 heavy (non-hydrogen) atoms. The van der Waals surface area contributed by atoms with Crippen molar-refractivity contribution in [1.29, 1.82) is 0 Å². The van der Waals surface area contributed by atoms with E-state index in [0.29, 0.717) is 5.92 Å². The predicted molar refractivity (Wildman–Crippen MR) is 65.7 cm³/mol. The van der Waals surface area contributed by atoms with Gasteiger partial charge in [-0.3, -0.25) is 0 Å². The Morgan fingerprint density at radius 2 is 2.13 bits per heavy atom. The van der Waals surface area contributed by atoms with Gasteiger partial charge in [-0.2, -0.15) is 0 Å². The van der Waals surface area contributed by atoms with Gasteiger partial charge in [0.2, 0.25) is 0 Å². The molecule has 0 saturated heterocycles. The van der Waals surface area contributed by atoms with Crippen molar-refractivity contribution >= 4 is 0 Å². The van der Waals surface area contributed by atoms with Crippen LogP contribution in [-0.4, -0.2) is 10.7 Å². The molecular weight excluding hydrogens is 184 g/mol. The Balaban J connectivity index is 2.55. The van der Waals surface area contributed by atoms with Crippen molar-refractivity contribution in [2.75, 3.05) is 0 Å². The summed E-state index contributed by atoms with van der Waals surface area (Å²) in [7, 11) is 0. The lowest BCUT2D eigenvalue weighted by Gasteiger charge is -2.27. The highest BCUT2D eigenvalue weighted by molar-refractivity contribution is 5.22. The average Bonchev–Trinajstić information content (AvgIpc) is 2.29. The summed E-state index contributed by atoms with van der Waals surface area (Å²) in [4.78, 5) is 0. The van der Waals surface area contributed by atoms with Crippen LogP contribution in [0.15, 0.2) is 23.8 Å². The summed E-state index contributed by atoms with van der Waals surface area (Å²) in [6.07, 6.45) is 8.60. The van der Waals surface area contributed by atoms with E-state index in [1.54, 1.807) is 0 Å². The van der Waals surface area contributed by atoms with Gasteiger partial charge in [0.15, 0.2) is 0 Å². The smallest absolute Gasteiger partial charge is 0.0626 e. The van der Waals surface area contributed by atoms with E-state index < -0.39 is 5.60 Å². The van der Waals surface area contributed by atoms with E-state index in [2.05, 4.69) is 39.0 Å². The first-order valence-corrected chi connectivity index (χ1v) is 5.80. The molecule has 0 aromatic rings. The molecule has 1 aliphatic rings. The van der Waals surface area contributed by atoms with Crippen LogP contribution in [0.1, 0.15) is 47.5 Å². The summed E-state index contributed by atoms with van der Waals surface area (Å²) < 4.78 is 0. The molecule has 1 rings (SSSR count). The second-order valence-corrected chi connectivity index (χ2v) is 5.90. The maximum Gasteiger partial charge on any atom is 0.0626 e. The summed E-state index contributed by atoms with van der Waals surface area (Å²) in [5.74, 6) is 0.597.